The van der Waals surface area contributed by atoms with E-state index >= 15 is 0 Å². The third kappa shape index (κ3) is 4.10. The SMILES string of the molecule is CC(C)CCC[C@@H](C)[C@H]1CC[C@H]2[C@@H]3CC=C4C[C@@H](C(O)C(=O)O)CC[C@]4(C)[C@H]3CC[C@]12C. The minimum Gasteiger partial charge on any atom is -0.479 e. The van der Waals surface area contributed by atoms with E-state index in [-0.39, 0.29) is 11.3 Å². The molecule has 3 saturated carbocycles. The second kappa shape index (κ2) is 9.08. The van der Waals surface area contributed by atoms with Crippen LogP contribution in [0.25, 0.3) is 0 Å². The first-order valence-electron chi connectivity index (χ1n) is 13.7. The molecule has 1 unspecified atom stereocenters. The van der Waals surface area contributed by atoms with Gasteiger partial charge in [0.15, 0.2) is 6.10 Å². The van der Waals surface area contributed by atoms with Crippen LogP contribution in [0.2, 0.25) is 0 Å². The van der Waals surface area contributed by atoms with E-state index in [2.05, 4.69) is 40.7 Å². The van der Waals surface area contributed by atoms with Crippen molar-refractivity contribution in [3.05, 3.63) is 11.6 Å². The first kappa shape index (κ1) is 24.3. The third-order valence-electron chi connectivity index (χ3n) is 11.0. The second-order valence-corrected chi connectivity index (χ2v) is 13.1. The number of carbonyl (C=O) groups is 1. The summed E-state index contributed by atoms with van der Waals surface area (Å²) >= 11 is 0. The average Bonchev–Trinajstić information content (AvgIpc) is 3.09. The Labute approximate surface area is 196 Å². The lowest BCUT2D eigenvalue weighted by atomic mass is 9.46. The van der Waals surface area contributed by atoms with Crippen LogP contribution in [0.15, 0.2) is 11.6 Å². The molecule has 4 rings (SSSR count). The van der Waals surface area contributed by atoms with Gasteiger partial charge in [-0.25, -0.2) is 4.79 Å². The van der Waals surface area contributed by atoms with E-state index in [4.69, 9.17) is 0 Å². The summed E-state index contributed by atoms with van der Waals surface area (Å²) in [6, 6.07) is 0. The van der Waals surface area contributed by atoms with Crippen molar-refractivity contribution < 1.29 is 15.0 Å². The number of aliphatic hydroxyl groups is 1. The molecule has 0 aliphatic heterocycles. The van der Waals surface area contributed by atoms with Crippen LogP contribution in [0, 0.1) is 52.3 Å². The van der Waals surface area contributed by atoms with E-state index in [1.54, 1.807) is 0 Å². The van der Waals surface area contributed by atoms with E-state index in [0.29, 0.717) is 5.41 Å². The molecule has 4 aliphatic carbocycles. The minimum atomic E-state index is -1.21. The van der Waals surface area contributed by atoms with Gasteiger partial charge >= 0.3 is 5.97 Å². The number of hydrogen-bond acceptors (Lipinski definition) is 2. The van der Waals surface area contributed by atoms with Crippen LogP contribution in [0.5, 0.6) is 0 Å². The summed E-state index contributed by atoms with van der Waals surface area (Å²) in [6.07, 6.45) is 14.8. The van der Waals surface area contributed by atoms with Gasteiger partial charge in [0.05, 0.1) is 0 Å². The first-order valence-corrected chi connectivity index (χ1v) is 13.7. The minimum absolute atomic E-state index is 0.111. The van der Waals surface area contributed by atoms with Gasteiger partial charge in [0, 0.05) is 0 Å². The molecule has 32 heavy (non-hydrogen) atoms. The van der Waals surface area contributed by atoms with Crippen LogP contribution in [0.1, 0.15) is 105 Å². The zero-order chi connectivity index (χ0) is 23.3. The maximum Gasteiger partial charge on any atom is 0.332 e. The highest BCUT2D eigenvalue weighted by Crippen LogP contribution is 2.67. The summed E-state index contributed by atoms with van der Waals surface area (Å²) in [5.41, 5.74) is 2.20. The van der Waals surface area contributed by atoms with Gasteiger partial charge in [-0.1, -0.05) is 65.5 Å². The molecule has 0 aromatic heterocycles. The summed E-state index contributed by atoms with van der Waals surface area (Å²) in [5, 5.41) is 19.5. The number of rotatable bonds is 7. The Bertz CT molecular complexity index is 726. The molecule has 9 atom stereocenters. The van der Waals surface area contributed by atoms with E-state index in [1.165, 1.54) is 56.9 Å². The standard InChI is InChI=1S/C29H48O3/c1-18(2)7-6-8-19(3)23-11-12-24-22-10-9-21-17-20(26(30)27(31)32)13-15-28(21,4)25(22)14-16-29(23,24)5/h9,18-20,22-26,30H,6-8,10-17H2,1-5H3,(H,31,32)/t19-,20+,22+,23-,24+,25+,26?,28+,29-/m1/s1. The van der Waals surface area contributed by atoms with Crippen molar-refractivity contribution in [3.8, 4) is 0 Å². The summed E-state index contributed by atoms with van der Waals surface area (Å²) in [4.78, 5) is 11.3. The second-order valence-electron chi connectivity index (χ2n) is 13.1. The average molecular weight is 445 g/mol. The van der Waals surface area contributed by atoms with Gasteiger partial charge in [0.25, 0.3) is 0 Å². The summed E-state index contributed by atoms with van der Waals surface area (Å²) < 4.78 is 0. The van der Waals surface area contributed by atoms with E-state index < -0.39 is 12.1 Å². The highest BCUT2D eigenvalue weighted by molar-refractivity contribution is 5.72. The third-order valence-corrected chi connectivity index (χ3v) is 11.0. The van der Waals surface area contributed by atoms with Gasteiger partial charge in [-0.3, -0.25) is 0 Å². The lowest BCUT2D eigenvalue weighted by Crippen LogP contribution is -2.51. The first-order chi connectivity index (χ1) is 15.1. The largest absolute Gasteiger partial charge is 0.479 e. The normalized spacial score (nSPS) is 43.1. The smallest absolute Gasteiger partial charge is 0.332 e. The van der Waals surface area contributed by atoms with Crippen molar-refractivity contribution in [2.75, 3.05) is 0 Å². The Morgan fingerprint density at radius 1 is 1.06 bits per heavy atom. The fourth-order valence-electron chi connectivity index (χ4n) is 9.18. The van der Waals surface area contributed by atoms with Gasteiger partial charge in [0.2, 0.25) is 0 Å². The molecule has 3 heteroatoms. The van der Waals surface area contributed by atoms with E-state index in [0.717, 1.165) is 54.8 Å². The van der Waals surface area contributed by atoms with Crippen LogP contribution in [-0.4, -0.2) is 22.3 Å². The lowest BCUT2D eigenvalue weighted by molar-refractivity contribution is -0.150. The Kier molecular flexibility index (Phi) is 6.90. The number of allylic oxidation sites excluding steroid dienone is 2. The molecule has 0 saturated heterocycles. The van der Waals surface area contributed by atoms with Crippen LogP contribution < -0.4 is 0 Å². The van der Waals surface area contributed by atoms with E-state index in [9.17, 15) is 15.0 Å². The monoisotopic (exact) mass is 444 g/mol. The van der Waals surface area contributed by atoms with Crippen molar-refractivity contribution in [2.45, 2.75) is 111 Å². The molecule has 0 heterocycles. The molecule has 0 radical (unpaired) electrons. The highest BCUT2D eigenvalue weighted by Gasteiger charge is 2.59. The quantitative estimate of drug-likeness (QED) is 0.412. The Morgan fingerprint density at radius 2 is 1.81 bits per heavy atom. The summed E-state index contributed by atoms with van der Waals surface area (Å²) in [6.45, 7) is 12.4. The predicted octanol–water partition coefficient (Wildman–Crippen LogP) is 7.09. The van der Waals surface area contributed by atoms with Crippen LogP contribution in [0.4, 0.5) is 0 Å². The van der Waals surface area contributed by atoms with Gasteiger partial charge < -0.3 is 10.2 Å². The van der Waals surface area contributed by atoms with E-state index in [1.807, 2.05) is 0 Å². The number of carboxylic acid groups (broad SMARTS) is 1. The Hall–Kier alpha value is -0.830. The van der Waals surface area contributed by atoms with Crippen molar-refractivity contribution in [1.82, 2.24) is 0 Å². The van der Waals surface area contributed by atoms with Crippen LogP contribution >= 0.6 is 0 Å². The van der Waals surface area contributed by atoms with Gasteiger partial charge in [0.1, 0.15) is 0 Å². The zero-order valence-corrected chi connectivity index (χ0v) is 21.3. The van der Waals surface area contributed by atoms with Crippen molar-refractivity contribution in [2.24, 2.45) is 52.3 Å². The number of fused-ring (bicyclic) bond motifs is 5. The molecule has 0 amide bonds. The topological polar surface area (TPSA) is 57.5 Å². The molecule has 4 aliphatic rings. The highest BCUT2D eigenvalue weighted by atomic mass is 16.4. The lowest BCUT2D eigenvalue weighted by Gasteiger charge is -2.58. The van der Waals surface area contributed by atoms with Crippen LogP contribution in [0.3, 0.4) is 0 Å². The number of aliphatic hydroxyl groups excluding tert-OH is 1. The summed E-state index contributed by atoms with van der Waals surface area (Å²) in [7, 11) is 0. The number of carboxylic acids is 1. The Balaban J connectivity index is 1.48. The van der Waals surface area contributed by atoms with Crippen molar-refractivity contribution >= 4 is 5.97 Å². The number of hydrogen-bond donors (Lipinski definition) is 2. The molecule has 182 valence electrons. The zero-order valence-electron chi connectivity index (χ0n) is 21.3. The molecule has 0 aromatic rings. The molecular formula is C29H48O3. The molecular weight excluding hydrogens is 396 g/mol. The van der Waals surface area contributed by atoms with Crippen LogP contribution in [-0.2, 0) is 4.79 Å². The van der Waals surface area contributed by atoms with Gasteiger partial charge in [-0.05, 0) is 104 Å². The fraction of sp³-hybridized carbons (Fsp3) is 0.897. The predicted molar refractivity (Wildman–Crippen MR) is 130 cm³/mol. The van der Waals surface area contributed by atoms with Crippen molar-refractivity contribution in [1.29, 1.82) is 0 Å². The summed E-state index contributed by atoms with van der Waals surface area (Å²) in [5.74, 6) is 3.80. The van der Waals surface area contributed by atoms with Gasteiger partial charge in [-0.2, -0.15) is 0 Å². The fourth-order valence-corrected chi connectivity index (χ4v) is 9.18. The molecule has 0 aromatic carbocycles. The molecule has 0 spiro atoms. The molecule has 3 fully saturated rings. The Morgan fingerprint density at radius 3 is 2.50 bits per heavy atom. The maximum absolute atomic E-state index is 11.3. The molecule has 2 N–H and O–H groups in total. The van der Waals surface area contributed by atoms with Gasteiger partial charge in [-0.15, -0.1) is 0 Å². The maximum atomic E-state index is 11.3. The van der Waals surface area contributed by atoms with Crippen molar-refractivity contribution in [3.63, 3.8) is 0 Å². The number of aliphatic carboxylic acids is 1. The molecule has 0 bridgehead atoms. The molecule has 3 nitrogen and oxygen atoms in total.